The maximum atomic E-state index is 14.0. The van der Waals surface area contributed by atoms with Crippen LogP contribution in [0.3, 0.4) is 0 Å². The number of nitrogens with two attached hydrogens (primary N) is 1. The summed E-state index contributed by atoms with van der Waals surface area (Å²) < 4.78 is 14.0. The van der Waals surface area contributed by atoms with Crippen molar-refractivity contribution in [1.82, 2.24) is 9.97 Å². The molecule has 132 valence electrons. The van der Waals surface area contributed by atoms with Gasteiger partial charge in [-0.15, -0.1) is 0 Å². The van der Waals surface area contributed by atoms with Gasteiger partial charge in [0, 0.05) is 39.3 Å². The molecule has 6 nitrogen and oxygen atoms in total. The molecule has 7 heteroatoms. The van der Waals surface area contributed by atoms with Crippen LogP contribution in [0.4, 0.5) is 27.4 Å². The monoisotopic (exact) mass is 342 g/mol. The van der Waals surface area contributed by atoms with Crippen molar-refractivity contribution in [3.05, 3.63) is 36.4 Å². The Balaban J connectivity index is 1.49. The average molecular weight is 342 g/mol. The fourth-order valence-corrected chi connectivity index (χ4v) is 3.68. The van der Waals surface area contributed by atoms with E-state index in [1.165, 1.54) is 18.9 Å². The average Bonchev–Trinajstić information content (AvgIpc) is 3.17. The molecule has 0 saturated carbocycles. The normalized spacial score (nSPS) is 18.0. The smallest absolute Gasteiger partial charge is 0.157 e. The lowest BCUT2D eigenvalue weighted by Gasteiger charge is -2.37. The van der Waals surface area contributed by atoms with Gasteiger partial charge in [-0.3, -0.25) is 0 Å². The molecule has 0 atom stereocenters. The third kappa shape index (κ3) is 3.06. The zero-order valence-corrected chi connectivity index (χ0v) is 14.2. The maximum absolute atomic E-state index is 14.0. The van der Waals surface area contributed by atoms with Crippen molar-refractivity contribution in [2.45, 2.75) is 12.8 Å². The summed E-state index contributed by atoms with van der Waals surface area (Å²) in [5.74, 6) is 1.47. The molecule has 1 aromatic carbocycles. The fourth-order valence-electron chi connectivity index (χ4n) is 3.68. The highest BCUT2D eigenvalue weighted by Crippen LogP contribution is 2.32. The van der Waals surface area contributed by atoms with Gasteiger partial charge in [0.2, 0.25) is 0 Å². The second kappa shape index (κ2) is 6.74. The minimum absolute atomic E-state index is 0.172. The number of nitrogens with zero attached hydrogens (tertiary/aromatic N) is 5. The number of piperazine rings is 1. The first-order chi connectivity index (χ1) is 12.2. The van der Waals surface area contributed by atoms with E-state index in [2.05, 4.69) is 24.7 Å². The van der Waals surface area contributed by atoms with E-state index in [-0.39, 0.29) is 5.82 Å². The zero-order chi connectivity index (χ0) is 17.2. The molecular weight excluding hydrogens is 319 g/mol. The molecule has 0 bridgehead atoms. The van der Waals surface area contributed by atoms with Crippen LogP contribution in [0.15, 0.2) is 30.6 Å². The van der Waals surface area contributed by atoms with Crippen molar-refractivity contribution in [1.29, 1.82) is 0 Å². The van der Waals surface area contributed by atoms with Crippen molar-refractivity contribution >= 4 is 23.0 Å². The van der Waals surface area contributed by atoms with E-state index in [1.54, 1.807) is 12.4 Å². The van der Waals surface area contributed by atoms with Crippen LogP contribution < -0.4 is 20.4 Å². The molecule has 0 spiro atoms. The van der Waals surface area contributed by atoms with Gasteiger partial charge in [0.25, 0.3) is 0 Å². The summed E-state index contributed by atoms with van der Waals surface area (Å²) in [5, 5.41) is 0. The summed E-state index contributed by atoms with van der Waals surface area (Å²) in [6, 6.07) is 6.92. The Hall–Kier alpha value is -2.57. The third-order valence-corrected chi connectivity index (χ3v) is 5.02. The van der Waals surface area contributed by atoms with E-state index in [0.29, 0.717) is 11.4 Å². The fraction of sp³-hybridized carbons (Fsp3) is 0.444. The summed E-state index contributed by atoms with van der Waals surface area (Å²) in [6.07, 6.45) is 3.96. The lowest BCUT2D eigenvalue weighted by Crippen LogP contribution is -2.47. The number of para-hydroxylation sites is 1. The maximum Gasteiger partial charge on any atom is 0.157 e. The van der Waals surface area contributed by atoms with E-state index in [1.807, 2.05) is 12.1 Å². The first-order valence-corrected chi connectivity index (χ1v) is 8.84. The SMILES string of the molecule is Nc1c(N2CCCC2)ncnc1N1CCN(c2ccccc2F)CC1. The molecule has 2 aliphatic rings. The lowest BCUT2D eigenvalue weighted by molar-refractivity contribution is 0.596. The Labute approximate surface area is 147 Å². The minimum atomic E-state index is -0.172. The number of aromatic nitrogens is 2. The van der Waals surface area contributed by atoms with Gasteiger partial charge in [-0.1, -0.05) is 12.1 Å². The Kier molecular flexibility index (Phi) is 4.29. The van der Waals surface area contributed by atoms with E-state index in [4.69, 9.17) is 5.73 Å². The standard InChI is InChI=1S/C18H23FN6/c19-14-5-1-2-6-15(14)23-9-11-25(12-10-23)18-16(20)17(21-13-22-18)24-7-3-4-8-24/h1-2,5-6,13H,3-4,7-12,20H2. The van der Waals surface area contributed by atoms with Crippen LogP contribution in [0.1, 0.15) is 12.8 Å². The number of hydrogen-bond donors (Lipinski definition) is 1. The summed E-state index contributed by atoms with van der Waals surface area (Å²) in [4.78, 5) is 15.3. The number of halogens is 1. The van der Waals surface area contributed by atoms with Gasteiger partial charge < -0.3 is 20.4 Å². The Morgan fingerprint density at radius 1 is 0.800 bits per heavy atom. The molecule has 25 heavy (non-hydrogen) atoms. The molecule has 2 aliphatic heterocycles. The predicted octanol–water partition coefficient (Wildman–Crippen LogP) is 2.12. The first kappa shape index (κ1) is 15.9. The zero-order valence-electron chi connectivity index (χ0n) is 14.2. The molecule has 2 saturated heterocycles. The molecule has 2 aromatic rings. The van der Waals surface area contributed by atoms with Crippen LogP contribution in [-0.4, -0.2) is 49.2 Å². The summed E-state index contributed by atoms with van der Waals surface area (Å²) in [6.45, 7) is 5.00. The quantitative estimate of drug-likeness (QED) is 0.922. The molecule has 2 fully saturated rings. The van der Waals surface area contributed by atoms with Crippen LogP contribution >= 0.6 is 0 Å². The Morgan fingerprint density at radius 2 is 1.36 bits per heavy atom. The van der Waals surface area contributed by atoms with Crippen LogP contribution in [-0.2, 0) is 0 Å². The van der Waals surface area contributed by atoms with Crippen LogP contribution in [0.5, 0.6) is 0 Å². The largest absolute Gasteiger partial charge is 0.393 e. The number of nitrogen functional groups attached to an aromatic ring is 1. The number of anilines is 4. The molecule has 1 aromatic heterocycles. The van der Waals surface area contributed by atoms with Crippen molar-refractivity contribution < 1.29 is 4.39 Å². The molecule has 3 heterocycles. The summed E-state index contributed by atoms with van der Waals surface area (Å²) in [5.41, 5.74) is 7.70. The van der Waals surface area contributed by atoms with Gasteiger partial charge >= 0.3 is 0 Å². The topological polar surface area (TPSA) is 61.5 Å². The van der Waals surface area contributed by atoms with Gasteiger partial charge in [0.1, 0.15) is 17.8 Å². The third-order valence-electron chi connectivity index (χ3n) is 5.02. The highest BCUT2D eigenvalue weighted by Gasteiger charge is 2.24. The number of hydrogen-bond acceptors (Lipinski definition) is 6. The van der Waals surface area contributed by atoms with E-state index in [0.717, 1.165) is 50.9 Å². The van der Waals surface area contributed by atoms with Crippen molar-refractivity contribution in [2.24, 2.45) is 0 Å². The molecular formula is C18H23FN6. The molecule has 4 rings (SSSR count). The van der Waals surface area contributed by atoms with E-state index >= 15 is 0 Å². The summed E-state index contributed by atoms with van der Waals surface area (Å²) in [7, 11) is 0. The molecule has 0 unspecified atom stereocenters. The number of rotatable bonds is 3. The lowest BCUT2D eigenvalue weighted by atomic mass is 10.2. The number of benzene rings is 1. The van der Waals surface area contributed by atoms with Gasteiger partial charge in [0.15, 0.2) is 11.6 Å². The molecule has 2 N–H and O–H groups in total. The van der Waals surface area contributed by atoms with Gasteiger partial charge in [-0.2, -0.15) is 0 Å². The van der Waals surface area contributed by atoms with Crippen LogP contribution in [0.2, 0.25) is 0 Å². The molecule has 0 radical (unpaired) electrons. The summed E-state index contributed by atoms with van der Waals surface area (Å²) >= 11 is 0. The molecule has 0 aliphatic carbocycles. The van der Waals surface area contributed by atoms with E-state index in [9.17, 15) is 4.39 Å². The highest BCUT2D eigenvalue weighted by molar-refractivity contribution is 5.76. The molecule has 0 amide bonds. The van der Waals surface area contributed by atoms with Crippen molar-refractivity contribution in [3.63, 3.8) is 0 Å². The minimum Gasteiger partial charge on any atom is -0.393 e. The highest BCUT2D eigenvalue weighted by atomic mass is 19.1. The Bertz CT molecular complexity index is 738. The second-order valence-electron chi connectivity index (χ2n) is 6.55. The van der Waals surface area contributed by atoms with Gasteiger partial charge in [0.05, 0.1) is 5.69 Å². The van der Waals surface area contributed by atoms with Crippen molar-refractivity contribution in [2.75, 3.05) is 59.7 Å². The van der Waals surface area contributed by atoms with Crippen LogP contribution in [0, 0.1) is 5.82 Å². The first-order valence-electron chi connectivity index (χ1n) is 8.84. The van der Waals surface area contributed by atoms with Crippen LogP contribution in [0.25, 0.3) is 0 Å². The van der Waals surface area contributed by atoms with E-state index < -0.39 is 0 Å². The second-order valence-corrected chi connectivity index (χ2v) is 6.55. The Morgan fingerprint density at radius 3 is 2.00 bits per heavy atom. The van der Waals surface area contributed by atoms with Gasteiger partial charge in [-0.25, -0.2) is 14.4 Å². The van der Waals surface area contributed by atoms with Gasteiger partial charge in [-0.05, 0) is 25.0 Å². The van der Waals surface area contributed by atoms with Crippen molar-refractivity contribution in [3.8, 4) is 0 Å². The predicted molar refractivity (Wildman–Crippen MR) is 98.7 cm³/mol.